The molecule has 1 N–H and O–H groups in total. The van der Waals surface area contributed by atoms with Gasteiger partial charge in [0, 0.05) is 17.8 Å². The second-order valence-corrected chi connectivity index (χ2v) is 9.18. The molecule has 0 aliphatic carbocycles. The van der Waals surface area contributed by atoms with Crippen LogP contribution in [-0.4, -0.2) is 11.8 Å². The predicted molar refractivity (Wildman–Crippen MR) is 146 cm³/mol. The smallest absolute Gasteiger partial charge is 0.258 e. The maximum Gasteiger partial charge on any atom is 0.258 e. The predicted octanol–water partition coefficient (Wildman–Crippen LogP) is 5.88. The molecule has 0 atom stereocenters. The van der Waals surface area contributed by atoms with Crippen LogP contribution in [0.5, 0.6) is 0 Å². The van der Waals surface area contributed by atoms with E-state index in [0.29, 0.717) is 29.9 Å². The van der Waals surface area contributed by atoms with Gasteiger partial charge in [-0.25, -0.2) is 0 Å². The summed E-state index contributed by atoms with van der Waals surface area (Å²) in [6.45, 7) is 4.90. The van der Waals surface area contributed by atoms with Crippen molar-refractivity contribution in [3.63, 3.8) is 0 Å². The van der Waals surface area contributed by atoms with Crippen LogP contribution in [0.25, 0.3) is 0 Å². The van der Waals surface area contributed by atoms with Crippen LogP contribution in [0.15, 0.2) is 97.1 Å². The van der Waals surface area contributed by atoms with Gasteiger partial charge >= 0.3 is 0 Å². The molecule has 4 aromatic carbocycles. The number of amides is 2. The Bertz CT molecular complexity index is 1430. The number of nitrogens with zero attached hydrogens (tertiary/aromatic N) is 2. The van der Waals surface area contributed by atoms with Crippen LogP contribution in [0.3, 0.4) is 0 Å². The standard InChI is InChI=1S/C32H29N3O2/c1-23-9-11-26(12-10-23)22-35(32(37)29-15-13-25(20-33)14-16-29)30-8-4-6-27(18-30)19-31(36)34-21-28-7-3-5-24(2)17-28/h3-18H,19,21-22H2,1-2H3,(H,34,36). The maximum atomic E-state index is 13.6. The molecule has 0 aliphatic rings. The summed E-state index contributed by atoms with van der Waals surface area (Å²) < 4.78 is 0. The summed E-state index contributed by atoms with van der Waals surface area (Å²) in [5.41, 5.74) is 6.87. The molecule has 0 saturated heterocycles. The first-order chi connectivity index (χ1) is 17.9. The Morgan fingerprint density at radius 1 is 0.784 bits per heavy atom. The summed E-state index contributed by atoms with van der Waals surface area (Å²) in [4.78, 5) is 28.0. The minimum atomic E-state index is -0.175. The summed E-state index contributed by atoms with van der Waals surface area (Å²) in [6.07, 6.45) is 0.211. The van der Waals surface area contributed by atoms with Crippen LogP contribution in [0, 0.1) is 25.2 Å². The summed E-state index contributed by atoms with van der Waals surface area (Å²) in [6, 6.07) is 32.4. The number of nitriles is 1. The molecule has 0 heterocycles. The van der Waals surface area contributed by atoms with E-state index in [-0.39, 0.29) is 18.2 Å². The summed E-state index contributed by atoms with van der Waals surface area (Å²) in [5.74, 6) is -0.256. The molecule has 0 fully saturated rings. The van der Waals surface area contributed by atoms with Crippen LogP contribution in [-0.2, 0) is 24.3 Å². The van der Waals surface area contributed by atoms with Crippen molar-refractivity contribution < 1.29 is 9.59 Å². The summed E-state index contributed by atoms with van der Waals surface area (Å²) in [5, 5.41) is 12.1. The molecule has 5 heteroatoms. The van der Waals surface area contributed by atoms with E-state index in [1.54, 1.807) is 29.2 Å². The highest BCUT2D eigenvalue weighted by molar-refractivity contribution is 6.06. The summed E-state index contributed by atoms with van der Waals surface area (Å²) in [7, 11) is 0. The lowest BCUT2D eigenvalue weighted by Crippen LogP contribution is -2.30. The van der Waals surface area contributed by atoms with E-state index in [4.69, 9.17) is 5.26 Å². The Labute approximate surface area is 218 Å². The molecule has 0 spiro atoms. The highest BCUT2D eigenvalue weighted by Gasteiger charge is 2.19. The first-order valence-electron chi connectivity index (χ1n) is 12.2. The lowest BCUT2D eigenvalue weighted by Gasteiger charge is -2.24. The van der Waals surface area contributed by atoms with Crippen molar-refractivity contribution in [2.24, 2.45) is 0 Å². The molecule has 0 aromatic heterocycles. The molecule has 0 saturated carbocycles. The molecule has 37 heavy (non-hydrogen) atoms. The third kappa shape index (κ3) is 6.93. The highest BCUT2D eigenvalue weighted by atomic mass is 16.2. The van der Waals surface area contributed by atoms with Crippen molar-refractivity contribution in [2.75, 3.05) is 4.90 Å². The molecule has 0 unspecified atom stereocenters. The van der Waals surface area contributed by atoms with Gasteiger partial charge in [-0.2, -0.15) is 5.26 Å². The van der Waals surface area contributed by atoms with E-state index in [1.165, 1.54) is 0 Å². The molecular formula is C32H29N3O2. The van der Waals surface area contributed by atoms with Crippen molar-refractivity contribution in [2.45, 2.75) is 33.4 Å². The van der Waals surface area contributed by atoms with E-state index in [1.807, 2.05) is 80.6 Å². The Kier molecular flexibility index (Phi) is 8.12. The second-order valence-electron chi connectivity index (χ2n) is 9.18. The van der Waals surface area contributed by atoms with E-state index in [0.717, 1.165) is 27.8 Å². The third-order valence-corrected chi connectivity index (χ3v) is 6.13. The topological polar surface area (TPSA) is 73.2 Å². The Balaban J connectivity index is 1.54. The molecule has 2 amide bonds. The molecule has 4 aromatic rings. The van der Waals surface area contributed by atoms with Crippen LogP contribution < -0.4 is 10.2 Å². The fourth-order valence-corrected chi connectivity index (χ4v) is 4.10. The number of aryl methyl sites for hydroxylation is 2. The average Bonchev–Trinajstić information content (AvgIpc) is 2.91. The zero-order valence-electron chi connectivity index (χ0n) is 21.1. The molecule has 4 rings (SSSR count). The van der Waals surface area contributed by atoms with E-state index >= 15 is 0 Å². The Morgan fingerprint density at radius 2 is 1.49 bits per heavy atom. The first-order valence-corrected chi connectivity index (χ1v) is 12.2. The van der Waals surface area contributed by atoms with Gasteiger partial charge in [-0.3, -0.25) is 9.59 Å². The monoisotopic (exact) mass is 487 g/mol. The van der Waals surface area contributed by atoms with Gasteiger partial charge in [0.25, 0.3) is 5.91 Å². The number of benzene rings is 4. The van der Waals surface area contributed by atoms with E-state index < -0.39 is 0 Å². The van der Waals surface area contributed by atoms with Gasteiger partial charge in [-0.15, -0.1) is 0 Å². The van der Waals surface area contributed by atoms with Gasteiger partial charge in [0.05, 0.1) is 24.6 Å². The fraction of sp³-hybridized carbons (Fsp3) is 0.156. The minimum Gasteiger partial charge on any atom is -0.352 e. The van der Waals surface area contributed by atoms with Crippen molar-refractivity contribution in [3.05, 3.63) is 136 Å². The molecular weight excluding hydrogens is 458 g/mol. The normalized spacial score (nSPS) is 10.4. The number of anilines is 1. The van der Waals surface area contributed by atoms with Crippen molar-refractivity contribution >= 4 is 17.5 Å². The Morgan fingerprint density at radius 3 is 2.19 bits per heavy atom. The molecule has 184 valence electrons. The lowest BCUT2D eigenvalue weighted by molar-refractivity contribution is -0.120. The highest BCUT2D eigenvalue weighted by Crippen LogP contribution is 2.23. The van der Waals surface area contributed by atoms with Crippen molar-refractivity contribution in [1.82, 2.24) is 5.32 Å². The Hall–Kier alpha value is -4.69. The quantitative estimate of drug-likeness (QED) is 0.337. The average molecular weight is 488 g/mol. The lowest BCUT2D eigenvalue weighted by atomic mass is 10.1. The number of hydrogen-bond donors (Lipinski definition) is 1. The van der Waals surface area contributed by atoms with E-state index in [2.05, 4.69) is 17.5 Å². The van der Waals surface area contributed by atoms with Crippen LogP contribution >= 0.6 is 0 Å². The molecule has 0 aliphatic heterocycles. The van der Waals surface area contributed by atoms with Gasteiger partial charge in [0.2, 0.25) is 5.91 Å². The number of nitrogens with one attached hydrogen (secondary N) is 1. The number of hydrogen-bond acceptors (Lipinski definition) is 3. The largest absolute Gasteiger partial charge is 0.352 e. The van der Waals surface area contributed by atoms with Crippen LogP contribution in [0.2, 0.25) is 0 Å². The van der Waals surface area contributed by atoms with Gasteiger partial charge < -0.3 is 10.2 Å². The molecule has 5 nitrogen and oxygen atoms in total. The van der Waals surface area contributed by atoms with Crippen LogP contribution in [0.4, 0.5) is 5.69 Å². The summed E-state index contributed by atoms with van der Waals surface area (Å²) >= 11 is 0. The number of carbonyl (C=O) groups is 2. The zero-order valence-corrected chi connectivity index (χ0v) is 21.1. The van der Waals surface area contributed by atoms with Gasteiger partial charge in [0.15, 0.2) is 0 Å². The molecule has 0 radical (unpaired) electrons. The van der Waals surface area contributed by atoms with Crippen LogP contribution in [0.1, 0.15) is 43.7 Å². The van der Waals surface area contributed by atoms with E-state index in [9.17, 15) is 9.59 Å². The van der Waals surface area contributed by atoms with Crippen molar-refractivity contribution in [3.8, 4) is 6.07 Å². The third-order valence-electron chi connectivity index (χ3n) is 6.13. The van der Waals surface area contributed by atoms with Gasteiger partial charge in [0.1, 0.15) is 0 Å². The minimum absolute atomic E-state index is 0.0813. The number of carbonyl (C=O) groups excluding carboxylic acids is 2. The van der Waals surface area contributed by atoms with Gasteiger partial charge in [-0.05, 0) is 66.9 Å². The zero-order chi connectivity index (χ0) is 26.2. The molecule has 0 bridgehead atoms. The number of rotatable bonds is 8. The van der Waals surface area contributed by atoms with Gasteiger partial charge in [-0.1, -0.05) is 71.8 Å². The SMILES string of the molecule is Cc1ccc(CN(C(=O)c2ccc(C#N)cc2)c2cccc(CC(=O)NCc3cccc(C)c3)c2)cc1. The second kappa shape index (κ2) is 11.8. The van der Waals surface area contributed by atoms with Crippen molar-refractivity contribution in [1.29, 1.82) is 5.26 Å². The fourth-order valence-electron chi connectivity index (χ4n) is 4.10. The maximum absolute atomic E-state index is 13.6. The first kappa shape index (κ1) is 25.4.